The van der Waals surface area contributed by atoms with Crippen LogP contribution in [0.15, 0.2) is 91.1 Å². The number of piperidine rings is 2. The molecule has 4 fully saturated rings. The minimum atomic E-state index is -1.19. The van der Waals surface area contributed by atoms with E-state index < -0.39 is 36.0 Å². The molecule has 53 heavy (non-hydrogen) atoms. The summed E-state index contributed by atoms with van der Waals surface area (Å²) in [6.45, 7) is 0.326. The molecule has 4 aromatic rings. The van der Waals surface area contributed by atoms with Crippen LogP contribution in [0, 0.1) is 5.92 Å². The summed E-state index contributed by atoms with van der Waals surface area (Å²) in [6, 6.07) is 22.4. The van der Waals surface area contributed by atoms with Gasteiger partial charge in [-0.05, 0) is 54.4 Å². The third kappa shape index (κ3) is 7.58. The molecule has 1 saturated carbocycles. The Morgan fingerprint density at radius 2 is 1.51 bits per heavy atom. The molecular weight excluding hydrogens is 672 g/mol. The first-order valence-corrected chi connectivity index (χ1v) is 18.3. The number of aromatic nitrogens is 1. The number of hydrogen-bond donors (Lipinski definition) is 3. The second-order valence-electron chi connectivity index (χ2n) is 14.5. The molecule has 12 nitrogen and oxygen atoms in total. The number of carbonyl (C=O) groups excluding carboxylic acids is 6. The molecule has 3 saturated heterocycles. The molecule has 1 aromatic heterocycles. The zero-order valence-electron chi connectivity index (χ0n) is 29.6. The van der Waals surface area contributed by atoms with Crippen LogP contribution in [0.2, 0.25) is 0 Å². The van der Waals surface area contributed by atoms with Gasteiger partial charge in [0.05, 0.1) is 11.9 Å². The molecule has 4 aliphatic rings. The van der Waals surface area contributed by atoms with Crippen LogP contribution >= 0.6 is 0 Å². The predicted molar refractivity (Wildman–Crippen MR) is 198 cm³/mol. The van der Waals surface area contributed by atoms with Gasteiger partial charge in [0.15, 0.2) is 0 Å². The number of nitrogens with one attached hydrogen (secondary N) is 3. The highest BCUT2D eigenvalue weighted by Gasteiger charge is 2.52. The van der Waals surface area contributed by atoms with Crippen LogP contribution in [0.4, 0.5) is 0 Å². The summed E-state index contributed by atoms with van der Waals surface area (Å²) >= 11 is 0. The second kappa shape index (κ2) is 15.4. The number of carbonyl (C=O) groups is 6. The molecule has 0 radical (unpaired) electrons. The van der Waals surface area contributed by atoms with E-state index in [0.29, 0.717) is 24.0 Å². The monoisotopic (exact) mass is 716 g/mol. The Morgan fingerprint density at radius 1 is 0.849 bits per heavy atom. The van der Waals surface area contributed by atoms with E-state index in [2.05, 4.69) is 16.0 Å². The fourth-order valence-corrected chi connectivity index (χ4v) is 8.36. The van der Waals surface area contributed by atoms with Crippen molar-refractivity contribution >= 4 is 46.8 Å². The van der Waals surface area contributed by atoms with E-state index in [1.54, 1.807) is 35.2 Å². The predicted octanol–water partition coefficient (Wildman–Crippen LogP) is 2.75. The summed E-state index contributed by atoms with van der Waals surface area (Å²) in [7, 11) is 1.68. The van der Waals surface area contributed by atoms with Crippen molar-refractivity contribution in [3.05, 3.63) is 108 Å². The number of hydrogen-bond acceptors (Lipinski definition) is 6. The van der Waals surface area contributed by atoms with Crippen molar-refractivity contribution in [2.24, 2.45) is 5.92 Å². The quantitative estimate of drug-likeness (QED) is 0.181. The molecule has 3 aromatic carbocycles. The second-order valence-corrected chi connectivity index (χ2v) is 14.5. The van der Waals surface area contributed by atoms with E-state index >= 15 is 0 Å². The lowest BCUT2D eigenvalue weighted by molar-refractivity contribution is -0.163. The first kappa shape index (κ1) is 35.6. The first-order valence-electron chi connectivity index (χ1n) is 18.3. The molecule has 1 aliphatic carbocycles. The van der Waals surface area contributed by atoms with Gasteiger partial charge in [-0.2, -0.15) is 0 Å². The average molecular weight is 717 g/mol. The largest absolute Gasteiger partial charge is 0.344 e. The zero-order chi connectivity index (χ0) is 37.1. The number of nitrogens with zero attached hydrogens (tertiary/aromatic N) is 3. The minimum absolute atomic E-state index is 0.00600. The average Bonchev–Trinajstić information content (AvgIpc) is 3.54. The van der Waals surface area contributed by atoms with Crippen LogP contribution in [0.3, 0.4) is 0 Å². The molecule has 3 N–H and O–H groups in total. The number of para-hydroxylation sites is 1. The first-order chi connectivity index (χ1) is 25.7. The Bertz CT molecular complexity index is 2010. The van der Waals surface area contributed by atoms with Gasteiger partial charge in [-0.1, -0.05) is 78.9 Å². The lowest BCUT2D eigenvalue weighted by Crippen LogP contribution is -2.71. The van der Waals surface area contributed by atoms with Crippen LogP contribution in [-0.4, -0.2) is 87.6 Å². The molecule has 4 atom stereocenters. The summed E-state index contributed by atoms with van der Waals surface area (Å²) in [5.74, 6) is -1.90. The van der Waals surface area contributed by atoms with Crippen LogP contribution < -0.4 is 16.0 Å². The molecule has 2 bridgehead atoms. The van der Waals surface area contributed by atoms with Crippen LogP contribution in [0.25, 0.3) is 10.9 Å². The van der Waals surface area contributed by atoms with Crippen LogP contribution in [0.1, 0.15) is 48.8 Å². The van der Waals surface area contributed by atoms with Crippen LogP contribution in [0.5, 0.6) is 0 Å². The summed E-state index contributed by atoms with van der Waals surface area (Å²) in [5.41, 5.74) is 3.04. The number of benzene rings is 3. The van der Waals surface area contributed by atoms with Gasteiger partial charge in [-0.3, -0.25) is 33.3 Å². The highest BCUT2D eigenvalue weighted by molar-refractivity contribution is 6.00. The maximum atomic E-state index is 14.3. The van der Waals surface area contributed by atoms with Crippen molar-refractivity contribution in [2.75, 3.05) is 7.05 Å². The molecule has 8 rings (SSSR count). The van der Waals surface area contributed by atoms with Gasteiger partial charge in [0.1, 0.15) is 24.2 Å². The Kier molecular flexibility index (Phi) is 10.4. The fourth-order valence-electron chi connectivity index (χ4n) is 8.36. The Balaban J connectivity index is 1.13. The Labute approximate surface area is 307 Å². The summed E-state index contributed by atoms with van der Waals surface area (Å²) in [5, 5.41) is 9.28. The molecule has 4 heterocycles. The third-order valence-electron chi connectivity index (χ3n) is 11.0. The van der Waals surface area contributed by atoms with Crippen molar-refractivity contribution < 1.29 is 28.8 Å². The van der Waals surface area contributed by atoms with E-state index in [1.165, 1.54) is 4.57 Å². The van der Waals surface area contributed by atoms with Crippen molar-refractivity contribution in [1.82, 2.24) is 30.3 Å². The SMILES string of the molecule is CN(Cc1ccccc1)C(=O)C(Cc1ccccc1)NC(=O)C(Cc1cn(C=O)c2ccccc12)NC(=O)CC1NC(=O)C2C3CCC(CC3)N2C1=O. The highest BCUT2D eigenvalue weighted by Crippen LogP contribution is 2.41. The molecule has 274 valence electrons. The highest BCUT2D eigenvalue weighted by atomic mass is 16.2. The van der Waals surface area contributed by atoms with E-state index in [1.807, 2.05) is 72.8 Å². The minimum Gasteiger partial charge on any atom is -0.344 e. The molecule has 3 aliphatic heterocycles. The topological polar surface area (TPSA) is 150 Å². The lowest BCUT2D eigenvalue weighted by atomic mass is 9.73. The van der Waals surface area contributed by atoms with E-state index in [4.69, 9.17) is 0 Å². The summed E-state index contributed by atoms with van der Waals surface area (Å²) in [4.78, 5) is 84.2. The molecule has 0 spiro atoms. The van der Waals surface area contributed by atoms with E-state index in [0.717, 1.165) is 42.2 Å². The Hall–Kier alpha value is -5.78. The van der Waals surface area contributed by atoms with Gasteiger partial charge in [0, 0.05) is 44.1 Å². The van der Waals surface area contributed by atoms with Crippen LogP contribution in [-0.2, 0) is 48.2 Å². The smallest absolute Gasteiger partial charge is 0.246 e. The van der Waals surface area contributed by atoms with Crippen molar-refractivity contribution in [1.29, 1.82) is 0 Å². The number of rotatable bonds is 13. The Morgan fingerprint density at radius 3 is 2.21 bits per heavy atom. The van der Waals surface area contributed by atoms with Crippen molar-refractivity contribution in [3.63, 3.8) is 0 Å². The number of fused-ring (bicyclic) bond motifs is 3. The third-order valence-corrected chi connectivity index (χ3v) is 11.0. The zero-order valence-corrected chi connectivity index (χ0v) is 29.6. The summed E-state index contributed by atoms with van der Waals surface area (Å²) < 4.78 is 1.42. The summed E-state index contributed by atoms with van der Waals surface area (Å²) in [6.07, 6.45) is 5.66. The van der Waals surface area contributed by atoms with Gasteiger partial charge < -0.3 is 25.8 Å². The van der Waals surface area contributed by atoms with Gasteiger partial charge in [0.2, 0.25) is 35.9 Å². The molecular formula is C41H44N6O6. The number of likely N-dealkylation sites (N-methyl/N-ethyl adjacent to an activating group) is 1. The lowest BCUT2D eigenvalue weighted by Gasteiger charge is -2.53. The number of amides is 5. The van der Waals surface area contributed by atoms with Gasteiger partial charge in [-0.15, -0.1) is 0 Å². The van der Waals surface area contributed by atoms with Gasteiger partial charge in [-0.25, -0.2) is 0 Å². The maximum Gasteiger partial charge on any atom is 0.246 e. The molecule has 5 amide bonds. The normalized spacial score (nSPS) is 21.6. The fraction of sp³-hybridized carbons (Fsp3) is 0.366. The van der Waals surface area contributed by atoms with E-state index in [9.17, 15) is 28.8 Å². The maximum absolute atomic E-state index is 14.3. The standard InChI is InChI=1S/C41H44N6O6/c1-45(23-27-12-6-3-7-13-27)40(52)33(20-26-10-4-2-5-11-26)43-38(50)32(21-29-24-46(25-48)35-15-9-8-14-31(29)35)42-36(49)22-34-41(53)47-30-18-16-28(17-19-30)37(47)39(51)44-34/h2-15,24-25,28,30,32-34,37H,16-23H2,1H3,(H,42,49)(H,43,50)(H,44,51). The molecule has 4 unspecified atom stereocenters. The van der Waals surface area contributed by atoms with Crippen molar-refractivity contribution in [3.8, 4) is 0 Å². The number of piperazine rings is 1. The van der Waals surface area contributed by atoms with Gasteiger partial charge in [0.25, 0.3) is 0 Å². The van der Waals surface area contributed by atoms with E-state index in [-0.39, 0.29) is 48.9 Å². The van der Waals surface area contributed by atoms with Crippen molar-refractivity contribution in [2.45, 2.75) is 81.7 Å². The molecule has 12 heteroatoms. The van der Waals surface area contributed by atoms with Gasteiger partial charge >= 0.3 is 0 Å².